The fourth-order valence-corrected chi connectivity index (χ4v) is 3.54. The van der Waals surface area contributed by atoms with E-state index in [9.17, 15) is 13.2 Å². The second-order valence-corrected chi connectivity index (χ2v) is 6.25. The summed E-state index contributed by atoms with van der Waals surface area (Å²) in [6.07, 6.45) is 1.13. The van der Waals surface area contributed by atoms with E-state index < -0.39 is 11.2 Å². The number of aromatic amines is 1. The summed E-state index contributed by atoms with van der Waals surface area (Å²) < 4.78 is 38.6. The van der Waals surface area contributed by atoms with Crippen LogP contribution in [0.1, 0.15) is 23.2 Å². The molecule has 0 saturated carbocycles. The standard InChI is InChI=1S/C13H11F3N6S/c14-13(15,16)12-21-8-10(19-6-20-11(8)23-12)22-4-1-7(5-22)9-17-2-3-18-9/h2-3,6-7H,1,4-5H2,(H,17,18). The number of H-pyrrole nitrogens is 1. The van der Waals surface area contributed by atoms with Gasteiger partial charge in [0.15, 0.2) is 5.82 Å². The van der Waals surface area contributed by atoms with Crippen LogP contribution in [0.15, 0.2) is 18.7 Å². The maximum atomic E-state index is 12.9. The largest absolute Gasteiger partial charge is 0.443 e. The van der Waals surface area contributed by atoms with Crippen LogP contribution in [0, 0.1) is 0 Å². The van der Waals surface area contributed by atoms with Crippen molar-refractivity contribution in [1.82, 2.24) is 24.9 Å². The Bertz CT molecular complexity index is 828. The molecule has 0 amide bonds. The number of rotatable bonds is 2. The highest BCUT2D eigenvalue weighted by atomic mass is 32.1. The van der Waals surface area contributed by atoms with E-state index in [2.05, 4.69) is 24.9 Å². The van der Waals surface area contributed by atoms with Gasteiger partial charge in [-0.3, -0.25) is 0 Å². The van der Waals surface area contributed by atoms with Crippen LogP contribution in [0.3, 0.4) is 0 Å². The van der Waals surface area contributed by atoms with Crippen LogP contribution in [0.5, 0.6) is 0 Å². The van der Waals surface area contributed by atoms with Crippen molar-refractivity contribution >= 4 is 27.5 Å². The summed E-state index contributed by atoms with van der Waals surface area (Å²) in [5.41, 5.74) is 0.213. The fourth-order valence-electron chi connectivity index (χ4n) is 2.77. The second-order valence-electron chi connectivity index (χ2n) is 5.27. The van der Waals surface area contributed by atoms with E-state index in [1.807, 2.05) is 4.90 Å². The molecule has 1 aliphatic heterocycles. The lowest BCUT2D eigenvalue weighted by Crippen LogP contribution is -2.21. The average Bonchev–Trinajstić information content (AvgIpc) is 3.24. The van der Waals surface area contributed by atoms with E-state index in [0.29, 0.717) is 30.2 Å². The topological polar surface area (TPSA) is 70.6 Å². The zero-order valence-corrected chi connectivity index (χ0v) is 12.5. The Balaban J connectivity index is 1.68. The molecule has 0 aliphatic carbocycles. The van der Waals surface area contributed by atoms with Crippen molar-refractivity contribution in [3.8, 4) is 0 Å². The van der Waals surface area contributed by atoms with Crippen molar-refractivity contribution in [2.75, 3.05) is 18.0 Å². The van der Waals surface area contributed by atoms with Gasteiger partial charge in [0.05, 0.1) is 0 Å². The molecule has 0 spiro atoms. The Morgan fingerprint density at radius 3 is 2.87 bits per heavy atom. The predicted molar refractivity (Wildman–Crippen MR) is 78.4 cm³/mol. The Morgan fingerprint density at radius 1 is 1.26 bits per heavy atom. The molecule has 120 valence electrons. The normalized spacial score (nSPS) is 18.9. The van der Waals surface area contributed by atoms with Gasteiger partial charge in [0.2, 0.25) is 5.01 Å². The SMILES string of the molecule is FC(F)(F)c1nc2c(N3CCC(c4ncc[nH]4)C3)ncnc2s1. The summed E-state index contributed by atoms with van der Waals surface area (Å²) in [4.78, 5) is 21.3. The van der Waals surface area contributed by atoms with Gasteiger partial charge in [0.25, 0.3) is 0 Å². The number of nitrogens with zero attached hydrogens (tertiary/aromatic N) is 5. The minimum absolute atomic E-state index is 0.204. The summed E-state index contributed by atoms with van der Waals surface area (Å²) in [6, 6.07) is 0. The highest BCUT2D eigenvalue weighted by molar-refractivity contribution is 7.18. The third-order valence-electron chi connectivity index (χ3n) is 3.81. The highest BCUT2D eigenvalue weighted by Gasteiger charge is 2.36. The van der Waals surface area contributed by atoms with E-state index in [4.69, 9.17) is 0 Å². The van der Waals surface area contributed by atoms with Gasteiger partial charge in [-0.15, -0.1) is 0 Å². The lowest BCUT2D eigenvalue weighted by atomic mass is 10.1. The molecule has 0 aromatic carbocycles. The predicted octanol–water partition coefficient (Wildman–Crippen LogP) is 2.82. The van der Waals surface area contributed by atoms with Crippen LogP contribution in [0.2, 0.25) is 0 Å². The van der Waals surface area contributed by atoms with Crippen molar-refractivity contribution in [3.63, 3.8) is 0 Å². The summed E-state index contributed by atoms with van der Waals surface area (Å²) in [6.45, 7) is 1.33. The van der Waals surface area contributed by atoms with Crippen LogP contribution >= 0.6 is 11.3 Å². The van der Waals surface area contributed by atoms with Gasteiger partial charge in [-0.05, 0) is 6.42 Å². The quantitative estimate of drug-likeness (QED) is 0.777. The Kier molecular flexibility index (Phi) is 3.22. The molecular formula is C13H11F3N6S. The number of alkyl halides is 3. The smallest absolute Gasteiger partial charge is 0.354 e. The second kappa shape index (κ2) is 5.15. The van der Waals surface area contributed by atoms with Crippen LogP contribution in [0.25, 0.3) is 10.3 Å². The number of anilines is 1. The van der Waals surface area contributed by atoms with E-state index in [-0.39, 0.29) is 16.3 Å². The van der Waals surface area contributed by atoms with Gasteiger partial charge in [0.1, 0.15) is 22.5 Å². The molecule has 0 bridgehead atoms. The zero-order chi connectivity index (χ0) is 16.0. The van der Waals surface area contributed by atoms with Crippen LogP contribution in [-0.2, 0) is 6.18 Å². The van der Waals surface area contributed by atoms with Crippen molar-refractivity contribution in [2.24, 2.45) is 0 Å². The Labute approximate surface area is 132 Å². The van der Waals surface area contributed by atoms with Gasteiger partial charge in [0, 0.05) is 31.4 Å². The van der Waals surface area contributed by atoms with E-state index in [1.54, 1.807) is 12.4 Å². The number of halogens is 3. The first-order valence-corrected chi connectivity index (χ1v) is 7.77. The number of thiazole rings is 1. The third-order valence-corrected chi connectivity index (χ3v) is 4.82. The minimum Gasteiger partial charge on any atom is -0.354 e. The molecule has 3 aromatic heterocycles. The summed E-state index contributed by atoms with van der Waals surface area (Å²) in [7, 11) is 0. The van der Waals surface area contributed by atoms with Gasteiger partial charge in [-0.1, -0.05) is 11.3 Å². The lowest BCUT2D eigenvalue weighted by molar-refractivity contribution is -0.137. The van der Waals surface area contributed by atoms with Crippen molar-refractivity contribution in [1.29, 1.82) is 0 Å². The molecule has 1 fully saturated rings. The van der Waals surface area contributed by atoms with Gasteiger partial charge >= 0.3 is 6.18 Å². The number of hydrogen-bond acceptors (Lipinski definition) is 6. The molecule has 1 saturated heterocycles. The van der Waals surface area contributed by atoms with Crippen molar-refractivity contribution in [2.45, 2.75) is 18.5 Å². The van der Waals surface area contributed by atoms with E-state index in [1.165, 1.54) is 6.33 Å². The fraction of sp³-hybridized carbons (Fsp3) is 0.385. The summed E-state index contributed by atoms with van der Waals surface area (Å²) in [5.74, 6) is 1.54. The number of fused-ring (bicyclic) bond motifs is 1. The molecule has 1 atom stereocenters. The van der Waals surface area contributed by atoms with Gasteiger partial charge in [-0.25, -0.2) is 19.9 Å². The molecule has 4 rings (SSSR count). The first kappa shape index (κ1) is 14.4. The number of imidazole rings is 1. The van der Waals surface area contributed by atoms with Crippen LogP contribution < -0.4 is 4.90 Å². The molecule has 23 heavy (non-hydrogen) atoms. The van der Waals surface area contributed by atoms with Gasteiger partial charge in [-0.2, -0.15) is 13.2 Å². The number of aromatic nitrogens is 5. The van der Waals surface area contributed by atoms with E-state index in [0.717, 1.165) is 12.2 Å². The molecule has 6 nitrogen and oxygen atoms in total. The molecule has 0 radical (unpaired) electrons. The maximum Gasteiger partial charge on any atom is 0.443 e. The van der Waals surface area contributed by atoms with Crippen molar-refractivity contribution in [3.05, 3.63) is 29.6 Å². The molecular weight excluding hydrogens is 329 g/mol. The summed E-state index contributed by atoms with van der Waals surface area (Å²) >= 11 is 0.543. The molecule has 3 aromatic rings. The Hall–Kier alpha value is -2.23. The zero-order valence-electron chi connectivity index (χ0n) is 11.7. The lowest BCUT2D eigenvalue weighted by Gasteiger charge is -2.16. The molecule has 1 N–H and O–H groups in total. The first-order chi connectivity index (χ1) is 11.0. The molecule has 4 heterocycles. The molecule has 1 aliphatic rings. The first-order valence-electron chi connectivity index (χ1n) is 6.95. The molecule has 1 unspecified atom stereocenters. The van der Waals surface area contributed by atoms with Crippen LogP contribution in [-0.4, -0.2) is 38.0 Å². The average molecular weight is 340 g/mol. The van der Waals surface area contributed by atoms with E-state index >= 15 is 0 Å². The number of nitrogens with one attached hydrogen (secondary N) is 1. The minimum atomic E-state index is -4.47. The molecule has 10 heteroatoms. The maximum absolute atomic E-state index is 12.9. The third kappa shape index (κ3) is 2.52. The van der Waals surface area contributed by atoms with Crippen molar-refractivity contribution < 1.29 is 13.2 Å². The highest BCUT2D eigenvalue weighted by Crippen LogP contribution is 2.38. The Morgan fingerprint density at radius 2 is 2.13 bits per heavy atom. The van der Waals surface area contributed by atoms with Gasteiger partial charge < -0.3 is 9.88 Å². The number of hydrogen-bond donors (Lipinski definition) is 1. The van der Waals surface area contributed by atoms with Crippen LogP contribution in [0.4, 0.5) is 19.0 Å². The summed E-state index contributed by atoms with van der Waals surface area (Å²) in [5, 5.41) is -0.893. The monoisotopic (exact) mass is 340 g/mol.